The van der Waals surface area contributed by atoms with Crippen molar-refractivity contribution >= 4 is 38.9 Å². The lowest BCUT2D eigenvalue weighted by molar-refractivity contribution is 0.932. The van der Waals surface area contributed by atoms with Crippen molar-refractivity contribution in [1.29, 1.82) is 0 Å². The Morgan fingerprint density at radius 1 is 1.14 bits per heavy atom. The molecule has 0 atom stereocenters. The van der Waals surface area contributed by atoms with E-state index in [1.165, 1.54) is 17.5 Å². The van der Waals surface area contributed by atoms with Crippen molar-refractivity contribution in [1.82, 2.24) is 15.0 Å². The molecule has 2 aromatic heterocycles. The first kappa shape index (κ1) is 12.5. The highest BCUT2D eigenvalue weighted by atomic mass is 32.1. The predicted molar refractivity (Wildman–Crippen MR) is 86.5 cm³/mol. The molecule has 0 unspecified atom stereocenters. The van der Waals surface area contributed by atoms with Gasteiger partial charge in [-0.3, -0.25) is 0 Å². The maximum Gasteiger partial charge on any atom is 0.136 e. The minimum Gasteiger partial charge on any atom is -0.373 e. The first-order valence-corrected chi connectivity index (χ1v) is 7.87. The number of nitrogens with zero attached hydrogens (tertiary/aromatic N) is 3. The van der Waals surface area contributed by atoms with Gasteiger partial charge in [0, 0.05) is 24.7 Å². The standard InChI is InChI=1S/C15H15N5S/c1-16-13-7-14(20-15(19-13)9-2-3-9)18-10-4-5-11-12(6-10)21-8-17-11/h4-9H,2-3H2,1H3,(H2,16,18,19,20). The number of benzene rings is 1. The Morgan fingerprint density at radius 2 is 2.00 bits per heavy atom. The van der Waals surface area contributed by atoms with E-state index in [1.807, 2.05) is 30.8 Å². The highest BCUT2D eigenvalue weighted by molar-refractivity contribution is 7.16. The van der Waals surface area contributed by atoms with E-state index in [1.54, 1.807) is 11.3 Å². The van der Waals surface area contributed by atoms with Crippen molar-refractivity contribution < 1.29 is 0 Å². The third kappa shape index (κ3) is 2.54. The topological polar surface area (TPSA) is 62.7 Å². The molecule has 1 aliphatic carbocycles. The molecule has 4 rings (SSSR count). The molecule has 0 radical (unpaired) electrons. The molecule has 2 N–H and O–H groups in total. The van der Waals surface area contributed by atoms with Gasteiger partial charge in [0.1, 0.15) is 17.5 Å². The number of anilines is 3. The van der Waals surface area contributed by atoms with Gasteiger partial charge in [-0.15, -0.1) is 11.3 Å². The number of hydrogen-bond acceptors (Lipinski definition) is 6. The molecule has 1 fully saturated rings. The Hall–Kier alpha value is -2.21. The van der Waals surface area contributed by atoms with E-state index >= 15 is 0 Å². The number of nitrogens with one attached hydrogen (secondary N) is 2. The molecule has 1 aromatic carbocycles. The third-order valence-corrected chi connectivity index (χ3v) is 4.34. The molecule has 0 bridgehead atoms. The van der Waals surface area contributed by atoms with Crippen molar-refractivity contribution in [3.63, 3.8) is 0 Å². The molecular formula is C15H15N5S. The molecule has 2 heterocycles. The molecule has 0 saturated heterocycles. The van der Waals surface area contributed by atoms with Crippen LogP contribution < -0.4 is 10.6 Å². The Labute approximate surface area is 126 Å². The molecular weight excluding hydrogens is 282 g/mol. The number of thiazole rings is 1. The van der Waals surface area contributed by atoms with Crippen molar-refractivity contribution in [3.8, 4) is 0 Å². The normalized spacial score (nSPS) is 14.3. The van der Waals surface area contributed by atoms with Crippen molar-refractivity contribution in [2.24, 2.45) is 0 Å². The van der Waals surface area contributed by atoms with Gasteiger partial charge >= 0.3 is 0 Å². The maximum absolute atomic E-state index is 4.63. The molecule has 0 spiro atoms. The van der Waals surface area contributed by atoms with Crippen LogP contribution in [0.15, 0.2) is 29.8 Å². The zero-order valence-corrected chi connectivity index (χ0v) is 12.4. The van der Waals surface area contributed by atoms with E-state index in [0.717, 1.165) is 28.7 Å². The molecule has 5 nitrogen and oxygen atoms in total. The molecule has 1 saturated carbocycles. The van der Waals surface area contributed by atoms with Crippen molar-refractivity contribution in [2.75, 3.05) is 17.7 Å². The first-order valence-electron chi connectivity index (χ1n) is 6.99. The SMILES string of the molecule is CNc1cc(Nc2ccc3ncsc3c2)nc(C2CC2)n1. The van der Waals surface area contributed by atoms with E-state index in [4.69, 9.17) is 0 Å². The summed E-state index contributed by atoms with van der Waals surface area (Å²) in [5.41, 5.74) is 3.92. The van der Waals surface area contributed by atoms with Crippen LogP contribution in [0, 0.1) is 0 Å². The summed E-state index contributed by atoms with van der Waals surface area (Å²) in [4.78, 5) is 13.5. The summed E-state index contributed by atoms with van der Waals surface area (Å²) >= 11 is 1.64. The first-order chi connectivity index (χ1) is 10.3. The second kappa shape index (κ2) is 4.96. The quantitative estimate of drug-likeness (QED) is 0.768. The molecule has 0 aliphatic heterocycles. The van der Waals surface area contributed by atoms with Gasteiger partial charge in [0.2, 0.25) is 0 Å². The summed E-state index contributed by atoms with van der Waals surface area (Å²) in [5.74, 6) is 3.15. The number of hydrogen-bond donors (Lipinski definition) is 2. The van der Waals surface area contributed by atoms with Gasteiger partial charge in [0.15, 0.2) is 0 Å². The van der Waals surface area contributed by atoms with Gasteiger partial charge in [-0.05, 0) is 31.0 Å². The largest absolute Gasteiger partial charge is 0.373 e. The van der Waals surface area contributed by atoms with Crippen LogP contribution in [0.1, 0.15) is 24.6 Å². The average Bonchev–Trinajstić information content (AvgIpc) is 3.25. The zero-order chi connectivity index (χ0) is 14.2. The third-order valence-electron chi connectivity index (χ3n) is 3.55. The summed E-state index contributed by atoms with van der Waals surface area (Å²) in [7, 11) is 1.88. The van der Waals surface area contributed by atoms with Gasteiger partial charge in [0.05, 0.1) is 15.7 Å². The molecule has 3 aromatic rings. The smallest absolute Gasteiger partial charge is 0.136 e. The van der Waals surface area contributed by atoms with Crippen molar-refractivity contribution in [3.05, 3.63) is 35.6 Å². The van der Waals surface area contributed by atoms with E-state index in [9.17, 15) is 0 Å². The Balaban J connectivity index is 1.67. The summed E-state index contributed by atoms with van der Waals surface area (Å²) in [6.45, 7) is 0. The van der Waals surface area contributed by atoms with Crippen LogP contribution in [-0.4, -0.2) is 22.0 Å². The van der Waals surface area contributed by atoms with Crippen LogP contribution >= 0.6 is 11.3 Å². The number of rotatable bonds is 4. The van der Waals surface area contributed by atoms with Gasteiger partial charge in [0.25, 0.3) is 0 Å². The molecule has 6 heteroatoms. The van der Waals surface area contributed by atoms with E-state index < -0.39 is 0 Å². The Bertz CT molecular complexity index is 794. The van der Waals surface area contributed by atoms with Crippen LogP contribution in [0.4, 0.5) is 17.3 Å². The van der Waals surface area contributed by atoms with Crippen LogP contribution in [-0.2, 0) is 0 Å². The lowest BCUT2D eigenvalue weighted by atomic mass is 10.3. The lowest BCUT2D eigenvalue weighted by Crippen LogP contribution is -2.03. The molecule has 21 heavy (non-hydrogen) atoms. The molecule has 1 aliphatic rings. The highest BCUT2D eigenvalue weighted by Crippen LogP contribution is 2.39. The van der Waals surface area contributed by atoms with Gasteiger partial charge < -0.3 is 10.6 Å². The fraction of sp³-hybridized carbons (Fsp3) is 0.267. The van der Waals surface area contributed by atoms with E-state index in [-0.39, 0.29) is 0 Å². The molecule has 0 amide bonds. The van der Waals surface area contributed by atoms with Crippen LogP contribution in [0.5, 0.6) is 0 Å². The Morgan fingerprint density at radius 3 is 2.81 bits per heavy atom. The maximum atomic E-state index is 4.63. The lowest BCUT2D eigenvalue weighted by Gasteiger charge is -2.09. The average molecular weight is 297 g/mol. The fourth-order valence-corrected chi connectivity index (χ4v) is 2.98. The van der Waals surface area contributed by atoms with Crippen molar-refractivity contribution in [2.45, 2.75) is 18.8 Å². The second-order valence-corrected chi connectivity index (χ2v) is 6.07. The number of fused-ring (bicyclic) bond motifs is 1. The van der Waals surface area contributed by atoms with Crippen LogP contribution in [0.25, 0.3) is 10.2 Å². The van der Waals surface area contributed by atoms with E-state index in [0.29, 0.717) is 5.92 Å². The Kier molecular flexibility index (Phi) is 2.96. The monoisotopic (exact) mass is 297 g/mol. The summed E-state index contributed by atoms with van der Waals surface area (Å²) < 4.78 is 1.17. The van der Waals surface area contributed by atoms with Gasteiger partial charge in [-0.2, -0.15) is 0 Å². The zero-order valence-electron chi connectivity index (χ0n) is 11.6. The number of aromatic nitrogens is 3. The predicted octanol–water partition coefficient (Wildman–Crippen LogP) is 3.75. The second-order valence-electron chi connectivity index (χ2n) is 5.18. The fourth-order valence-electron chi connectivity index (χ4n) is 2.26. The van der Waals surface area contributed by atoms with Crippen LogP contribution in [0.2, 0.25) is 0 Å². The minimum absolute atomic E-state index is 0.530. The highest BCUT2D eigenvalue weighted by Gasteiger charge is 2.27. The summed E-state index contributed by atoms with van der Waals surface area (Å²) in [6, 6.07) is 8.09. The van der Waals surface area contributed by atoms with Gasteiger partial charge in [-0.1, -0.05) is 0 Å². The molecule has 106 valence electrons. The van der Waals surface area contributed by atoms with Gasteiger partial charge in [-0.25, -0.2) is 15.0 Å². The summed E-state index contributed by atoms with van der Waals surface area (Å²) in [5, 5.41) is 6.47. The van der Waals surface area contributed by atoms with E-state index in [2.05, 4.69) is 31.7 Å². The minimum atomic E-state index is 0.530. The van der Waals surface area contributed by atoms with Crippen LogP contribution in [0.3, 0.4) is 0 Å². The summed E-state index contributed by atoms with van der Waals surface area (Å²) in [6.07, 6.45) is 2.39.